The molecule has 0 heterocycles. The lowest BCUT2D eigenvalue weighted by Gasteiger charge is -2.16. The summed E-state index contributed by atoms with van der Waals surface area (Å²) >= 11 is 0. The van der Waals surface area contributed by atoms with E-state index >= 15 is 0 Å². The summed E-state index contributed by atoms with van der Waals surface area (Å²) in [5.74, 6) is 2.06. The summed E-state index contributed by atoms with van der Waals surface area (Å²) in [7, 11) is 3.32. The Bertz CT molecular complexity index is 348. The zero-order chi connectivity index (χ0) is 12.1. The molecule has 1 rings (SSSR count). The van der Waals surface area contributed by atoms with Gasteiger partial charge in [0.05, 0.1) is 14.2 Å². The zero-order valence-corrected chi connectivity index (χ0v) is 10.5. The average Bonchev–Trinajstić information content (AvgIpc) is 2.28. The summed E-state index contributed by atoms with van der Waals surface area (Å²) in [4.78, 5) is 0. The van der Waals surface area contributed by atoms with Crippen LogP contribution in [0.5, 0.6) is 11.5 Å². The van der Waals surface area contributed by atoms with Crippen molar-refractivity contribution in [3.63, 3.8) is 0 Å². The van der Waals surface area contributed by atoms with Crippen molar-refractivity contribution in [1.82, 2.24) is 0 Å². The highest BCUT2D eigenvalue weighted by molar-refractivity contribution is 5.50. The summed E-state index contributed by atoms with van der Waals surface area (Å²) in [6.45, 7) is 4.93. The van der Waals surface area contributed by atoms with Crippen LogP contribution in [0, 0.1) is 0 Å². The molecule has 0 unspecified atom stereocenters. The van der Waals surface area contributed by atoms with E-state index in [2.05, 4.69) is 19.9 Å². The fraction of sp³-hybridized carbons (Fsp3) is 0.538. The molecule has 0 bridgehead atoms. The van der Waals surface area contributed by atoms with Crippen LogP contribution in [0.1, 0.15) is 30.9 Å². The van der Waals surface area contributed by atoms with Crippen molar-refractivity contribution in [2.45, 2.75) is 26.2 Å². The highest BCUT2D eigenvalue weighted by Crippen LogP contribution is 2.34. The Balaban J connectivity index is 3.25. The second-order valence-electron chi connectivity index (χ2n) is 4.11. The predicted molar refractivity (Wildman–Crippen MR) is 66.4 cm³/mol. The monoisotopic (exact) mass is 223 g/mol. The Hall–Kier alpha value is -1.22. The Morgan fingerprint density at radius 2 is 1.88 bits per heavy atom. The Kier molecular flexibility index (Phi) is 4.62. The molecule has 90 valence electrons. The maximum absolute atomic E-state index is 5.61. The smallest absolute Gasteiger partial charge is 0.163 e. The van der Waals surface area contributed by atoms with Crippen LogP contribution in [0.3, 0.4) is 0 Å². The van der Waals surface area contributed by atoms with E-state index < -0.39 is 0 Å². The van der Waals surface area contributed by atoms with Gasteiger partial charge in [0.1, 0.15) is 0 Å². The molecule has 0 radical (unpaired) electrons. The van der Waals surface area contributed by atoms with Crippen molar-refractivity contribution in [2.24, 2.45) is 5.73 Å². The van der Waals surface area contributed by atoms with Gasteiger partial charge in [0.25, 0.3) is 0 Å². The Labute approximate surface area is 97.6 Å². The quantitative estimate of drug-likeness (QED) is 0.833. The molecule has 0 atom stereocenters. The Morgan fingerprint density at radius 1 is 1.19 bits per heavy atom. The maximum Gasteiger partial charge on any atom is 0.163 e. The molecule has 0 spiro atoms. The van der Waals surface area contributed by atoms with Crippen LogP contribution in [-0.2, 0) is 6.42 Å². The molecule has 2 N–H and O–H groups in total. The number of methoxy groups -OCH3 is 2. The zero-order valence-electron chi connectivity index (χ0n) is 10.5. The van der Waals surface area contributed by atoms with Crippen LogP contribution in [0.2, 0.25) is 0 Å². The van der Waals surface area contributed by atoms with Crippen LogP contribution >= 0.6 is 0 Å². The third kappa shape index (κ3) is 2.67. The van der Waals surface area contributed by atoms with Crippen LogP contribution in [0.4, 0.5) is 0 Å². The van der Waals surface area contributed by atoms with Gasteiger partial charge in [-0.1, -0.05) is 19.9 Å². The van der Waals surface area contributed by atoms with Crippen LogP contribution in [-0.4, -0.2) is 20.8 Å². The minimum atomic E-state index is 0.469. The summed E-state index contributed by atoms with van der Waals surface area (Å²) in [5.41, 5.74) is 7.98. The molecular weight excluding hydrogens is 202 g/mol. The second-order valence-corrected chi connectivity index (χ2v) is 4.11. The van der Waals surface area contributed by atoms with Crippen LogP contribution < -0.4 is 15.2 Å². The topological polar surface area (TPSA) is 44.5 Å². The molecule has 1 aromatic carbocycles. The van der Waals surface area contributed by atoms with Crippen molar-refractivity contribution in [2.75, 3.05) is 20.8 Å². The first-order chi connectivity index (χ1) is 7.63. The molecule has 1 aromatic rings. The molecular formula is C13H21NO2. The van der Waals surface area contributed by atoms with Gasteiger partial charge in [-0.25, -0.2) is 0 Å². The summed E-state index contributed by atoms with van der Waals surface area (Å²) < 4.78 is 10.7. The minimum absolute atomic E-state index is 0.469. The number of benzene rings is 1. The van der Waals surface area contributed by atoms with Gasteiger partial charge in [-0.05, 0) is 36.1 Å². The van der Waals surface area contributed by atoms with Gasteiger partial charge < -0.3 is 15.2 Å². The fourth-order valence-corrected chi connectivity index (χ4v) is 1.74. The van der Waals surface area contributed by atoms with Crippen molar-refractivity contribution < 1.29 is 9.47 Å². The molecule has 0 aliphatic carbocycles. The van der Waals surface area contributed by atoms with E-state index in [1.165, 1.54) is 5.56 Å². The van der Waals surface area contributed by atoms with Gasteiger partial charge in [-0.15, -0.1) is 0 Å². The van der Waals surface area contributed by atoms with E-state index in [0.717, 1.165) is 23.5 Å². The second kappa shape index (κ2) is 5.75. The maximum atomic E-state index is 5.61. The third-order valence-electron chi connectivity index (χ3n) is 2.66. The van der Waals surface area contributed by atoms with Gasteiger partial charge >= 0.3 is 0 Å². The van der Waals surface area contributed by atoms with Crippen LogP contribution in [0.15, 0.2) is 12.1 Å². The highest BCUT2D eigenvalue weighted by Gasteiger charge is 2.13. The summed E-state index contributed by atoms with van der Waals surface area (Å²) in [6.07, 6.45) is 0.806. The standard InChI is InChI=1S/C13H21NO2/c1-9(2)11-7-10(5-6-14)13(16-4)12(8-11)15-3/h7-9H,5-6,14H2,1-4H3. The van der Waals surface area contributed by atoms with E-state index in [1.54, 1.807) is 14.2 Å². The molecule has 0 aliphatic heterocycles. The molecule has 0 aromatic heterocycles. The Morgan fingerprint density at radius 3 is 2.31 bits per heavy atom. The number of nitrogens with two attached hydrogens (primary N) is 1. The number of hydrogen-bond donors (Lipinski definition) is 1. The lowest BCUT2D eigenvalue weighted by molar-refractivity contribution is 0.351. The average molecular weight is 223 g/mol. The van der Waals surface area contributed by atoms with Gasteiger partial charge in [0.15, 0.2) is 11.5 Å². The third-order valence-corrected chi connectivity index (χ3v) is 2.66. The van der Waals surface area contributed by atoms with Gasteiger partial charge in [0, 0.05) is 0 Å². The van der Waals surface area contributed by atoms with Crippen molar-refractivity contribution in [3.05, 3.63) is 23.3 Å². The van der Waals surface area contributed by atoms with Gasteiger partial charge in [0.2, 0.25) is 0 Å². The number of rotatable bonds is 5. The molecule has 0 saturated heterocycles. The van der Waals surface area contributed by atoms with Crippen molar-refractivity contribution in [3.8, 4) is 11.5 Å². The van der Waals surface area contributed by atoms with Crippen molar-refractivity contribution in [1.29, 1.82) is 0 Å². The first kappa shape index (κ1) is 12.8. The van der Waals surface area contributed by atoms with E-state index in [4.69, 9.17) is 15.2 Å². The summed E-state index contributed by atoms with van der Waals surface area (Å²) in [5, 5.41) is 0. The molecule has 0 saturated carbocycles. The highest BCUT2D eigenvalue weighted by atomic mass is 16.5. The summed E-state index contributed by atoms with van der Waals surface area (Å²) in [6, 6.07) is 4.18. The predicted octanol–water partition coefficient (Wildman–Crippen LogP) is 2.33. The lowest BCUT2D eigenvalue weighted by Crippen LogP contribution is -2.06. The SMILES string of the molecule is COc1cc(C(C)C)cc(CCN)c1OC. The molecule has 3 nitrogen and oxygen atoms in total. The van der Waals surface area contributed by atoms with E-state index in [-0.39, 0.29) is 0 Å². The number of ether oxygens (including phenoxy) is 2. The molecule has 16 heavy (non-hydrogen) atoms. The normalized spacial score (nSPS) is 10.6. The molecule has 3 heteroatoms. The first-order valence-corrected chi connectivity index (χ1v) is 5.58. The first-order valence-electron chi connectivity index (χ1n) is 5.58. The van der Waals surface area contributed by atoms with Gasteiger partial charge in [-0.2, -0.15) is 0 Å². The van der Waals surface area contributed by atoms with E-state index in [1.807, 2.05) is 6.07 Å². The molecule has 0 fully saturated rings. The van der Waals surface area contributed by atoms with E-state index in [0.29, 0.717) is 12.5 Å². The molecule has 0 aliphatic rings. The fourth-order valence-electron chi connectivity index (χ4n) is 1.74. The van der Waals surface area contributed by atoms with E-state index in [9.17, 15) is 0 Å². The van der Waals surface area contributed by atoms with Crippen molar-refractivity contribution >= 4 is 0 Å². The minimum Gasteiger partial charge on any atom is -0.493 e. The lowest BCUT2D eigenvalue weighted by atomic mass is 9.98. The van der Waals surface area contributed by atoms with Gasteiger partial charge in [-0.3, -0.25) is 0 Å². The number of hydrogen-bond acceptors (Lipinski definition) is 3. The molecule has 0 amide bonds. The van der Waals surface area contributed by atoms with Crippen LogP contribution in [0.25, 0.3) is 0 Å². The largest absolute Gasteiger partial charge is 0.493 e.